The number of carbonyl (C=O) groups excluding carboxylic acids is 1. The third-order valence-corrected chi connectivity index (χ3v) is 6.29. The molecule has 0 radical (unpaired) electrons. The number of nitrogens with zero attached hydrogens (tertiary/aromatic N) is 1. The van der Waals surface area contributed by atoms with Gasteiger partial charge in [0.15, 0.2) is 0 Å². The first-order valence-corrected chi connectivity index (χ1v) is 9.37. The van der Waals surface area contributed by atoms with E-state index in [2.05, 4.69) is 0 Å². The molecular weight excluding hydrogens is 316 g/mol. The monoisotopic (exact) mass is 340 g/mol. The van der Waals surface area contributed by atoms with Crippen molar-refractivity contribution in [1.82, 2.24) is 9.79 Å². The Bertz CT molecular complexity index is 620. The van der Waals surface area contributed by atoms with Gasteiger partial charge in [0, 0.05) is 19.5 Å². The first-order chi connectivity index (χ1) is 10.9. The second-order valence-corrected chi connectivity index (χ2v) is 8.03. The Morgan fingerprint density at radius 3 is 2.43 bits per heavy atom. The maximum Gasteiger partial charge on any atom is 0.243 e. The van der Waals surface area contributed by atoms with Gasteiger partial charge in [-0.05, 0) is 50.7 Å². The van der Waals surface area contributed by atoms with Gasteiger partial charge < -0.3 is 0 Å². The van der Waals surface area contributed by atoms with E-state index in [0.717, 1.165) is 24.8 Å². The summed E-state index contributed by atoms with van der Waals surface area (Å²) in [7, 11) is -3.40. The normalized spacial score (nSPS) is 17.1. The van der Waals surface area contributed by atoms with Gasteiger partial charge in [0.2, 0.25) is 15.9 Å². The lowest BCUT2D eigenvalue weighted by atomic mass is 9.92. The fraction of sp³-hybridized carbons (Fsp3) is 0.562. The zero-order valence-corrected chi connectivity index (χ0v) is 14.2. The van der Waals surface area contributed by atoms with E-state index in [0.29, 0.717) is 36.7 Å². The van der Waals surface area contributed by atoms with Crippen molar-refractivity contribution >= 4 is 15.9 Å². The van der Waals surface area contributed by atoms with Crippen LogP contribution in [0, 0.1) is 12.8 Å². The number of hydrogen-bond donors (Lipinski definition) is 2. The molecule has 1 saturated heterocycles. The molecule has 1 aliphatic rings. The van der Waals surface area contributed by atoms with Gasteiger partial charge in [-0.2, -0.15) is 4.31 Å². The van der Waals surface area contributed by atoms with Gasteiger partial charge in [0.05, 0.1) is 4.90 Å². The summed E-state index contributed by atoms with van der Waals surface area (Å²) < 4.78 is 26.7. The number of amides is 1. The standard InChI is InChI=1S/C16H24N2O4S/c1-13-5-7-15(8-6-13)23(21,22)18-11-9-14(10-12-18)3-2-4-16(19)17-20/h5-8,14,20H,2-4,9-12H2,1H3,(H,17,19). The molecule has 23 heavy (non-hydrogen) atoms. The summed E-state index contributed by atoms with van der Waals surface area (Å²) in [6, 6.07) is 6.94. The molecule has 1 aliphatic heterocycles. The average Bonchev–Trinajstić information content (AvgIpc) is 2.55. The molecule has 2 N–H and O–H groups in total. The maximum atomic E-state index is 12.6. The summed E-state index contributed by atoms with van der Waals surface area (Å²) in [4.78, 5) is 11.3. The Morgan fingerprint density at radius 1 is 1.26 bits per heavy atom. The minimum absolute atomic E-state index is 0.304. The lowest BCUT2D eigenvalue weighted by Crippen LogP contribution is -2.38. The molecule has 0 aliphatic carbocycles. The van der Waals surface area contributed by atoms with Crippen molar-refractivity contribution in [3.8, 4) is 0 Å². The maximum absolute atomic E-state index is 12.6. The van der Waals surface area contributed by atoms with Crippen LogP contribution in [0.4, 0.5) is 0 Å². The quantitative estimate of drug-likeness (QED) is 0.613. The van der Waals surface area contributed by atoms with Gasteiger partial charge in [-0.15, -0.1) is 0 Å². The van der Waals surface area contributed by atoms with Crippen LogP contribution in [0.2, 0.25) is 0 Å². The van der Waals surface area contributed by atoms with Crippen LogP contribution in [-0.2, 0) is 14.8 Å². The lowest BCUT2D eigenvalue weighted by molar-refractivity contribution is -0.129. The lowest BCUT2D eigenvalue weighted by Gasteiger charge is -2.31. The zero-order chi connectivity index (χ0) is 16.9. The third-order valence-electron chi connectivity index (χ3n) is 4.37. The summed E-state index contributed by atoms with van der Waals surface area (Å²) in [5.41, 5.74) is 2.66. The number of carbonyl (C=O) groups is 1. The van der Waals surface area contributed by atoms with E-state index < -0.39 is 10.0 Å². The van der Waals surface area contributed by atoms with Crippen molar-refractivity contribution in [2.24, 2.45) is 5.92 Å². The van der Waals surface area contributed by atoms with Crippen LogP contribution in [0.25, 0.3) is 0 Å². The van der Waals surface area contributed by atoms with Crippen LogP contribution in [-0.4, -0.2) is 36.9 Å². The van der Waals surface area contributed by atoms with Gasteiger partial charge >= 0.3 is 0 Å². The van der Waals surface area contributed by atoms with Crippen molar-refractivity contribution in [2.75, 3.05) is 13.1 Å². The van der Waals surface area contributed by atoms with Gasteiger partial charge in [-0.3, -0.25) is 10.0 Å². The summed E-state index contributed by atoms with van der Waals surface area (Å²) in [6.45, 7) is 2.97. The minimum atomic E-state index is -3.40. The molecule has 0 aromatic heterocycles. The van der Waals surface area contributed by atoms with Gasteiger partial charge in [-0.25, -0.2) is 13.9 Å². The van der Waals surface area contributed by atoms with Crippen LogP contribution in [0.15, 0.2) is 29.2 Å². The van der Waals surface area contributed by atoms with Crippen molar-refractivity contribution in [3.63, 3.8) is 0 Å². The Kier molecular flexibility index (Phi) is 6.15. The van der Waals surface area contributed by atoms with Crippen LogP contribution in [0.5, 0.6) is 0 Å². The summed E-state index contributed by atoms with van der Waals surface area (Å²) in [5, 5.41) is 8.45. The highest BCUT2D eigenvalue weighted by Gasteiger charge is 2.29. The highest BCUT2D eigenvalue weighted by molar-refractivity contribution is 7.89. The van der Waals surface area contributed by atoms with Crippen molar-refractivity contribution < 1.29 is 18.4 Å². The van der Waals surface area contributed by atoms with E-state index in [1.165, 1.54) is 0 Å². The molecule has 1 heterocycles. The molecule has 6 nitrogen and oxygen atoms in total. The number of aryl methyl sites for hydroxylation is 1. The summed E-state index contributed by atoms with van der Waals surface area (Å²) in [5.74, 6) is 0.0651. The predicted octanol–water partition coefficient (Wildman–Crippen LogP) is 2.07. The Hall–Kier alpha value is -1.44. The molecule has 0 bridgehead atoms. The topological polar surface area (TPSA) is 86.7 Å². The molecule has 128 valence electrons. The van der Waals surface area contributed by atoms with E-state index in [4.69, 9.17) is 5.21 Å². The second kappa shape index (κ2) is 7.90. The van der Waals surface area contributed by atoms with E-state index >= 15 is 0 Å². The number of nitrogens with one attached hydrogen (secondary N) is 1. The molecular formula is C16H24N2O4S. The minimum Gasteiger partial charge on any atom is -0.289 e. The van der Waals surface area contributed by atoms with Crippen molar-refractivity contribution in [2.45, 2.75) is 43.9 Å². The van der Waals surface area contributed by atoms with Crippen LogP contribution < -0.4 is 5.48 Å². The average molecular weight is 340 g/mol. The Morgan fingerprint density at radius 2 is 1.87 bits per heavy atom. The second-order valence-electron chi connectivity index (χ2n) is 6.09. The van der Waals surface area contributed by atoms with Gasteiger partial charge in [-0.1, -0.05) is 17.7 Å². The number of hydrogen-bond acceptors (Lipinski definition) is 4. The molecule has 0 unspecified atom stereocenters. The van der Waals surface area contributed by atoms with Crippen molar-refractivity contribution in [3.05, 3.63) is 29.8 Å². The van der Waals surface area contributed by atoms with Gasteiger partial charge in [0.25, 0.3) is 0 Å². The largest absolute Gasteiger partial charge is 0.289 e. The van der Waals surface area contributed by atoms with E-state index in [1.807, 2.05) is 19.1 Å². The molecule has 2 rings (SSSR count). The van der Waals surface area contributed by atoms with Crippen LogP contribution >= 0.6 is 0 Å². The predicted molar refractivity (Wildman–Crippen MR) is 86.4 cm³/mol. The fourth-order valence-electron chi connectivity index (χ4n) is 2.90. The molecule has 7 heteroatoms. The number of hydroxylamine groups is 1. The molecule has 1 aromatic carbocycles. The summed E-state index contributed by atoms with van der Waals surface area (Å²) in [6.07, 6.45) is 3.52. The molecule has 1 fully saturated rings. The molecule has 0 atom stereocenters. The van der Waals surface area contributed by atoms with Crippen LogP contribution in [0.1, 0.15) is 37.7 Å². The third kappa shape index (κ3) is 4.76. The molecule has 1 amide bonds. The smallest absolute Gasteiger partial charge is 0.243 e. The molecule has 1 aromatic rings. The SMILES string of the molecule is Cc1ccc(S(=O)(=O)N2CCC(CCCC(=O)NO)CC2)cc1. The fourth-order valence-corrected chi connectivity index (χ4v) is 4.37. The van der Waals surface area contributed by atoms with Crippen LogP contribution in [0.3, 0.4) is 0 Å². The highest BCUT2D eigenvalue weighted by Crippen LogP contribution is 2.26. The number of rotatable bonds is 6. The number of sulfonamides is 1. The van der Waals surface area contributed by atoms with E-state index in [-0.39, 0.29) is 5.91 Å². The summed E-state index contributed by atoms with van der Waals surface area (Å²) >= 11 is 0. The molecule has 0 saturated carbocycles. The first kappa shape index (κ1) is 17.9. The number of benzene rings is 1. The number of piperidine rings is 1. The zero-order valence-electron chi connectivity index (χ0n) is 13.4. The Labute approximate surface area is 137 Å². The van der Waals surface area contributed by atoms with Gasteiger partial charge in [0.1, 0.15) is 0 Å². The Balaban J connectivity index is 1.86. The van der Waals surface area contributed by atoms with E-state index in [1.54, 1.807) is 21.9 Å². The van der Waals surface area contributed by atoms with E-state index in [9.17, 15) is 13.2 Å². The van der Waals surface area contributed by atoms with Crippen molar-refractivity contribution in [1.29, 1.82) is 0 Å². The first-order valence-electron chi connectivity index (χ1n) is 7.93. The molecule has 0 spiro atoms. The highest BCUT2D eigenvalue weighted by atomic mass is 32.2.